The van der Waals surface area contributed by atoms with Crippen molar-refractivity contribution in [3.63, 3.8) is 0 Å². The maximum Gasteiger partial charge on any atom is 0.338 e. The van der Waals surface area contributed by atoms with Crippen molar-refractivity contribution in [3.05, 3.63) is 51.7 Å². The van der Waals surface area contributed by atoms with Crippen LogP contribution in [0.5, 0.6) is 0 Å². The highest BCUT2D eigenvalue weighted by atomic mass is 32.1. The molecule has 0 aliphatic rings. The Morgan fingerprint density at radius 3 is 2.74 bits per heavy atom. The van der Waals surface area contributed by atoms with Gasteiger partial charge in [0, 0.05) is 10.6 Å². The molecule has 1 aromatic heterocycles. The predicted octanol–water partition coefficient (Wildman–Crippen LogP) is 4.02. The van der Waals surface area contributed by atoms with Gasteiger partial charge in [0.05, 0.1) is 18.7 Å². The van der Waals surface area contributed by atoms with Gasteiger partial charge in [-0.3, -0.25) is 0 Å². The predicted molar refractivity (Wildman–Crippen MR) is 78.9 cm³/mol. The van der Waals surface area contributed by atoms with Crippen LogP contribution in [0.15, 0.2) is 35.7 Å². The van der Waals surface area contributed by atoms with E-state index < -0.39 is 0 Å². The van der Waals surface area contributed by atoms with Crippen LogP contribution in [0.4, 0.5) is 5.69 Å². The van der Waals surface area contributed by atoms with E-state index in [2.05, 4.69) is 23.7 Å². The summed E-state index contributed by atoms with van der Waals surface area (Å²) in [5.74, 6) is -0.301. The lowest BCUT2D eigenvalue weighted by Gasteiger charge is -2.17. The van der Waals surface area contributed by atoms with Gasteiger partial charge in [-0.25, -0.2) is 4.79 Å². The molecule has 19 heavy (non-hydrogen) atoms. The van der Waals surface area contributed by atoms with Crippen molar-refractivity contribution in [1.82, 2.24) is 0 Å². The Labute approximate surface area is 117 Å². The van der Waals surface area contributed by atoms with Crippen LogP contribution < -0.4 is 5.32 Å². The fraction of sp³-hybridized carbons (Fsp3) is 0.267. The quantitative estimate of drug-likeness (QED) is 0.857. The molecular weight excluding hydrogens is 258 g/mol. The van der Waals surface area contributed by atoms with Crippen molar-refractivity contribution < 1.29 is 9.53 Å². The molecule has 1 unspecified atom stereocenters. The summed E-state index contributed by atoms with van der Waals surface area (Å²) in [4.78, 5) is 12.9. The van der Waals surface area contributed by atoms with Crippen LogP contribution in [0.2, 0.25) is 0 Å². The topological polar surface area (TPSA) is 38.3 Å². The van der Waals surface area contributed by atoms with E-state index in [-0.39, 0.29) is 12.0 Å². The van der Waals surface area contributed by atoms with Crippen LogP contribution in [-0.2, 0) is 4.74 Å². The highest BCUT2D eigenvalue weighted by molar-refractivity contribution is 7.10. The molecule has 0 bridgehead atoms. The van der Waals surface area contributed by atoms with Gasteiger partial charge in [0.1, 0.15) is 0 Å². The van der Waals surface area contributed by atoms with E-state index in [0.29, 0.717) is 5.56 Å². The van der Waals surface area contributed by atoms with E-state index in [0.717, 1.165) is 11.3 Å². The SMILES string of the molecule is COC(=O)c1cccc(NC(C)c2cccs2)c1C. The molecule has 1 N–H and O–H groups in total. The second-order valence-corrected chi connectivity index (χ2v) is 5.33. The molecule has 0 spiro atoms. The zero-order chi connectivity index (χ0) is 13.8. The number of rotatable bonds is 4. The lowest BCUT2D eigenvalue weighted by molar-refractivity contribution is 0.0600. The number of benzene rings is 1. The molecule has 3 nitrogen and oxygen atoms in total. The lowest BCUT2D eigenvalue weighted by Crippen LogP contribution is -2.09. The maximum atomic E-state index is 11.7. The molecule has 0 amide bonds. The Morgan fingerprint density at radius 1 is 1.32 bits per heavy atom. The molecule has 4 heteroatoms. The molecule has 1 aromatic carbocycles. The molecule has 0 fully saturated rings. The van der Waals surface area contributed by atoms with Gasteiger partial charge in [-0.1, -0.05) is 12.1 Å². The minimum absolute atomic E-state index is 0.214. The van der Waals surface area contributed by atoms with Crippen LogP contribution >= 0.6 is 11.3 Å². The number of ether oxygens (including phenoxy) is 1. The molecule has 0 aliphatic heterocycles. The highest BCUT2D eigenvalue weighted by Crippen LogP contribution is 2.26. The number of anilines is 1. The number of carbonyl (C=O) groups is 1. The van der Waals surface area contributed by atoms with Gasteiger partial charge < -0.3 is 10.1 Å². The maximum absolute atomic E-state index is 11.7. The van der Waals surface area contributed by atoms with E-state index in [1.165, 1.54) is 12.0 Å². The van der Waals surface area contributed by atoms with Crippen LogP contribution in [0.25, 0.3) is 0 Å². The zero-order valence-corrected chi connectivity index (χ0v) is 12.1. The number of nitrogens with one attached hydrogen (secondary N) is 1. The number of thiophene rings is 1. The Morgan fingerprint density at radius 2 is 2.11 bits per heavy atom. The average molecular weight is 275 g/mol. The normalized spacial score (nSPS) is 11.9. The van der Waals surface area contributed by atoms with Gasteiger partial charge in [-0.05, 0) is 43.0 Å². The lowest BCUT2D eigenvalue weighted by atomic mass is 10.1. The molecule has 2 aromatic rings. The first-order valence-electron chi connectivity index (χ1n) is 6.11. The Bertz CT molecular complexity index is 564. The standard InChI is InChI=1S/C15H17NO2S/c1-10-12(15(17)18-3)6-4-7-13(10)16-11(2)14-8-5-9-19-14/h4-9,11,16H,1-3H3. The van der Waals surface area contributed by atoms with E-state index >= 15 is 0 Å². The first-order valence-corrected chi connectivity index (χ1v) is 6.99. The van der Waals surface area contributed by atoms with E-state index in [9.17, 15) is 4.79 Å². The van der Waals surface area contributed by atoms with Gasteiger partial charge in [-0.2, -0.15) is 0 Å². The largest absolute Gasteiger partial charge is 0.465 e. The van der Waals surface area contributed by atoms with Crippen molar-refractivity contribution in [1.29, 1.82) is 0 Å². The second kappa shape index (κ2) is 5.89. The molecule has 2 rings (SSSR count). The van der Waals surface area contributed by atoms with Gasteiger partial charge in [0.2, 0.25) is 0 Å². The minimum atomic E-state index is -0.301. The highest BCUT2D eigenvalue weighted by Gasteiger charge is 2.13. The van der Waals surface area contributed by atoms with Gasteiger partial charge in [0.15, 0.2) is 0 Å². The number of carbonyl (C=O) groups excluding carboxylic acids is 1. The Kier molecular flexibility index (Phi) is 4.22. The first-order chi connectivity index (χ1) is 9.13. The molecule has 100 valence electrons. The summed E-state index contributed by atoms with van der Waals surface area (Å²) in [5.41, 5.74) is 2.48. The average Bonchev–Trinajstić information content (AvgIpc) is 2.94. The minimum Gasteiger partial charge on any atom is -0.465 e. The third kappa shape index (κ3) is 2.96. The summed E-state index contributed by atoms with van der Waals surface area (Å²) in [7, 11) is 1.40. The fourth-order valence-corrected chi connectivity index (χ4v) is 2.70. The van der Waals surface area contributed by atoms with Gasteiger partial charge >= 0.3 is 5.97 Å². The third-order valence-corrected chi connectivity index (χ3v) is 4.14. The summed E-state index contributed by atoms with van der Waals surface area (Å²) < 4.78 is 4.78. The molecule has 0 saturated carbocycles. The summed E-state index contributed by atoms with van der Waals surface area (Å²) in [5, 5.41) is 5.50. The molecule has 0 radical (unpaired) electrons. The molecule has 1 heterocycles. The van der Waals surface area contributed by atoms with Crippen molar-refractivity contribution in [2.45, 2.75) is 19.9 Å². The number of hydrogen-bond acceptors (Lipinski definition) is 4. The summed E-state index contributed by atoms with van der Waals surface area (Å²) in [6.07, 6.45) is 0. The number of esters is 1. The third-order valence-electron chi connectivity index (χ3n) is 3.08. The van der Waals surface area contributed by atoms with Crippen molar-refractivity contribution >= 4 is 23.0 Å². The summed E-state index contributed by atoms with van der Waals surface area (Å²) >= 11 is 1.72. The van der Waals surface area contributed by atoms with Crippen molar-refractivity contribution in [2.75, 3.05) is 12.4 Å². The second-order valence-electron chi connectivity index (χ2n) is 4.35. The van der Waals surface area contributed by atoms with Crippen molar-refractivity contribution in [2.24, 2.45) is 0 Å². The van der Waals surface area contributed by atoms with Crippen LogP contribution in [0, 0.1) is 6.92 Å². The zero-order valence-electron chi connectivity index (χ0n) is 11.3. The molecule has 0 aliphatic carbocycles. The van der Waals surface area contributed by atoms with E-state index in [4.69, 9.17) is 4.74 Å². The summed E-state index contributed by atoms with van der Waals surface area (Å²) in [6, 6.07) is 9.97. The smallest absolute Gasteiger partial charge is 0.338 e. The van der Waals surface area contributed by atoms with Gasteiger partial charge in [0.25, 0.3) is 0 Å². The molecular formula is C15H17NO2S. The summed E-state index contributed by atoms with van der Waals surface area (Å²) in [6.45, 7) is 4.03. The first kappa shape index (κ1) is 13.6. The van der Waals surface area contributed by atoms with Crippen LogP contribution in [-0.4, -0.2) is 13.1 Å². The Hall–Kier alpha value is -1.81. The Balaban J connectivity index is 2.24. The molecule has 1 atom stereocenters. The number of hydrogen-bond donors (Lipinski definition) is 1. The number of methoxy groups -OCH3 is 1. The monoisotopic (exact) mass is 275 g/mol. The van der Waals surface area contributed by atoms with E-state index in [1.807, 2.05) is 25.1 Å². The van der Waals surface area contributed by atoms with Gasteiger partial charge in [-0.15, -0.1) is 11.3 Å². The van der Waals surface area contributed by atoms with Crippen LogP contribution in [0.1, 0.15) is 33.8 Å². The van der Waals surface area contributed by atoms with E-state index in [1.54, 1.807) is 17.4 Å². The van der Waals surface area contributed by atoms with Crippen molar-refractivity contribution in [3.8, 4) is 0 Å². The molecule has 0 saturated heterocycles. The van der Waals surface area contributed by atoms with Crippen LogP contribution in [0.3, 0.4) is 0 Å². The fourth-order valence-electron chi connectivity index (χ4n) is 1.97.